The summed E-state index contributed by atoms with van der Waals surface area (Å²) in [4.78, 5) is 16.8. The van der Waals surface area contributed by atoms with Crippen LogP contribution in [0.4, 0.5) is 13.2 Å². The number of Topliss-reactive ketones (excluding diaryl/α,β-unsaturated/α-hetero) is 1. The maximum Gasteiger partial charge on any atom is 0.437 e. The Kier molecular flexibility index (Phi) is 4.52. The Morgan fingerprint density at radius 3 is 2.68 bits per heavy atom. The molecule has 2 aromatic heterocycles. The number of aliphatic hydroxyl groups is 1. The van der Waals surface area contributed by atoms with Gasteiger partial charge in [-0.2, -0.15) is 13.2 Å². The van der Waals surface area contributed by atoms with Gasteiger partial charge in [-0.1, -0.05) is 12.1 Å². The summed E-state index contributed by atoms with van der Waals surface area (Å²) in [5.74, 6) is -2.73. The van der Waals surface area contributed by atoms with E-state index >= 15 is 0 Å². The van der Waals surface area contributed by atoms with E-state index in [1.807, 2.05) is 5.32 Å². The number of nitrogens with one attached hydrogen (secondary N) is 2. The number of carbonyl (C=O) groups excluding carboxylic acids is 1. The summed E-state index contributed by atoms with van der Waals surface area (Å²) in [7, 11) is 0. The summed E-state index contributed by atoms with van der Waals surface area (Å²) in [5.41, 5.74) is -3.19. The number of carbonyl (C=O) groups is 1. The highest BCUT2D eigenvalue weighted by molar-refractivity contribution is 7.80. The number of pyridine rings is 1. The third-order valence-corrected chi connectivity index (χ3v) is 5.00. The first kappa shape index (κ1) is 17.8. The first-order valence-corrected chi connectivity index (χ1v) is 8.38. The Morgan fingerprint density at radius 2 is 2.12 bits per heavy atom. The molecule has 1 aliphatic heterocycles. The quantitative estimate of drug-likeness (QED) is 0.555. The van der Waals surface area contributed by atoms with Crippen molar-refractivity contribution in [3.8, 4) is 0 Å². The topological polar surface area (TPSA) is 74.2 Å². The van der Waals surface area contributed by atoms with Crippen molar-refractivity contribution >= 4 is 34.5 Å². The van der Waals surface area contributed by atoms with Gasteiger partial charge in [0.15, 0.2) is 10.9 Å². The fraction of sp³-hybridized carbons (Fsp3) is 0.267. The zero-order chi connectivity index (χ0) is 18.2. The van der Waals surface area contributed by atoms with Gasteiger partial charge in [0.1, 0.15) is 5.92 Å². The number of alkyl halides is 3. The second-order valence-corrected chi connectivity index (χ2v) is 6.80. The second kappa shape index (κ2) is 6.36. The molecule has 3 N–H and O–H groups in total. The molecule has 3 heterocycles. The zero-order valence-corrected chi connectivity index (χ0v) is 14.1. The lowest BCUT2D eigenvalue weighted by Gasteiger charge is -2.46. The molecular weight excluding hydrogens is 375 g/mol. The minimum atomic E-state index is -5.13. The molecule has 25 heavy (non-hydrogen) atoms. The molecule has 3 rings (SSSR count). The van der Waals surface area contributed by atoms with Gasteiger partial charge in [0.2, 0.25) is 5.72 Å². The highest BCUT2D eigenvalue weighted by atomic mass is 32.1. The molecule has 0 aromatic carbocycles. The van der Waals surface area contributed by atoms with Crippen LogP contribution in [-0.2, 0) is 0 Å². The lowest BCUT2D eigenvalue weighted by atomic mass is 9.79. The molecule has 10 heteroatoms. The molecule has 0 amide bonds. The number of halogens is 3. The van der Waals surface area contributed by atoms with Crippen molar-refractivity contribution in [1.82, 2.24) is 15.6 Å². The van der Waals surface area contributed by atoms with Gasteiger partial charge < -0.3 is 15.7 Å². The zero-order valence-electron chi connectivity index (χ0n) is 12.4. The maximum absolute atomic E-state index is 13.7. The molecular formula is C15H12F3N3O2S2. The monoisotopic (exact) mass is 387 g/mol. The number of ketones is 1. The summed E-state index contributed by atoms with van der Waals surface area (Å²) in [5, 5.41) is 16.1. The average molecular weight is 387 g/mol. The van der Waals surface area contributed by atoms with Crippen molar-refractivity contribution in [1.29, 1.82) is 0 Å². The van der Waals surface area contributed by atoms with Gasteiger partial charge >= 0.3 is 6.18 Å². The van der Waals surface area contributed by atoms with Crippen molar-refractivity contribution in [2.24, 2.45) is 5.92 Å². The smallest absolute Gasteiger partial charge is 0.363 e. The van der Waals surface area contributed by atoms with Crippen LogP contribution in [-0.4, -0.2) is 32.9 Å². The molecule has 2 aromatic rings. The third-order valence-electron chi connectivity index (χ3n) is 3.90. The van der Waals surface area contributed by atoms with Gasteiger partial charge in [0.25, 0.3) is 0 Å². The number of rotatable bonds is 3. The summed E-state index contributed by atoms with van der Waals surface area (Å²) >= 11 is 5.83. The summed E-state index contributed by atoms with van der Waals surface area (Å²) < 4.78 is 41.0. The molecule has 1 fully saturated rings. The minimum Gasteiger partial charge on any atom is -0.363 e. The lowest BCUT2D eigenvalue weighted by Crippen LogP contribution is -2.72. The third kappa shape index (κ3) is 3.12. The Hall–Kier alpha value is -2.04. The minimum absolute atomic E-state index is 0.109. The molecule has 0 unspecified atom stereocenters. The molecule has 3 atom stereocenters. The summed E-state index contributed by atoms with van der Waals surface area (Å²) in [6.45, 7) is 0. The van der Waals surface area contributed by atoms with E-state index in [9.17, 15) is 23.1 Å². The molecule has 0 saturated carbocycles. The van der Waals surface area contributed by atoms with Crippen LogP contribution < -0.4 is 10.6 Å². The van der Waals surface area contributed by atoms with E-state index in [1.54, 1.807) is 11.4 Å². The molecule has 0 radical (unpaired) electrons. The van der Waals surface area contributed by atoms with Gasteiger partial charge in [-0.25, -0.2) is 0 Å². The molecule has 1 aliphatic rings. The van der Waals surface area contributed by atoms with E-state index in [0.29, 0.717) is 5.56 Å². The molecule has 1 saturated heterocycles. The lowest BCUT2D eigenvalue weighted by molar-refractivity contribution is -0.285. The van der Waals surface area contributed by atoms with Crippen molar-refractivity contribution in [3.63, 3.8) is 0 Å². The molecule has 0 bridgehead atoms. The summed E-state index contributed by atoms with van der Waals surface area (Å²) in [6.07, 6.45) is -2.34. The van der Waals surface area contributed by atoms with Crippen molar-refractivity contribution in [3.05, 3.63) is 52.5 Å². The van der Waals surface area contributed by atoms with Crippen LogP contribution in [0.5, 0.6) is 0 Å². The highest BCUT2D eigenvalue weighted by Crippen LogP contribution is 2.44. The SMILES string of the molecule is O=C(c1cccs1)[C@@H]1[C@@H](c2cccnc2)NC(=S)N[C@@]1(O)C(F)(F)F. The van der Waals surface area contributed by atoms with Gasteiger partial charge in [-0.15, -0.1) is 11.3 Å². The van der Waals surface area contributed by atoms with Crippen molar-refractivity contribution < 1.29 is 23.1 Å². The number of thiocarbonyl (C=S) groups is 1. The maximum atomic E-state index is 13.7. The predicted molar refractivity (Wildman–Crippen MR) is 89.0 cm³/mol. The number of thiophene rings is 1. The number of nitrogens with zero attached hydrogens (tertiary/aromatic N) is 1. The van der Waals surface area contributed by atoms with Crippen LogP contribution in [0.1, 0.15) is 21.3 Å². The average Bonchev–Trinajstić information content (AvgIpc) is 3.08. The first-order valence-electron chi connectivity index (χ1n) is 7.09. The standard InChI is InChI=1S/C15H12F3N3O2S2/c16-15(17,18)14(23)10(12(22)9-4-2-6-25-9)11(20-13(24)21-14)8-3-1-5-19-7-8/h1-7,10-11,23H,(H2,20,21,24)/t10-,11+,14-/m0/s1. The molecule has 0 aliphatic carbocycles. The second-order valence-electron chi connectivity index (χ2n) is 5.45. The Bertz CT molecular complexity index is 783. The van der Waals surface area contributed by atoms with E-state index in [4.69, 9.17) is 12.2 Å². The van der Waals surface area contributed by atoms with Gasteiger partial charge in [-0.05, 0) is 35.3 Å². The Balaban J connectivity index is 2.15. The normalized spacial score (nSPS) is 26.6. The van der Waals surface area contributed by atoms with Crippen molar-refractivity contribution in [2.75, 3.05) is 0 Å². The summed E-state index contributed by atoms with van der Waals surface area (Å²) in [6, 6.07) is 4.82. The van der Waals surface area contributed by atoms with E-state index in [-0.39, 0.29) is 4.88 Å². The predicted octanol–water partition coefficient (Wildman–Crippen LogP) is 2.41. The number of hydrogen-bond acceptors (Lipinski definition) is 5. The van der Waals surface area contributed by atoms with Gasteiger partial charge in [0.05, 0.1) is 10.9 Å². The van der Waals surface area contributed by atoms with E-state index in [1.165, 1.54) is 30.6 Å². The first-order chi connectivity index (χ1) is 11.7. The van der Waals surface area contributed by atoms with E-state index in [2.05, 4.69) is 10.3 Å². The Morgan fingerprint density at radius 1 is 1.36 bits per heavy atom. The molecule has 132 valence electrons. The van der Waals surface area contributed by atoms with Gasteiger partial charge in [-0.3, -0.25) is 9.78 Å². The van der Waals surface area contributed by atoms with E-state index < -0.39 is 34.8 Å². The highest BCUT2D eigenvalue weighted by Gasteiger charge is 2.65. The van der Waals surface area contributed by atoms with Crippen molar-refractivity contribution in [2.45, 2.75) is 17.9 Å². The number of aromatic nitrogens is 1. The molecule has 0 spiro atoms. The fourth-order valence-corrected chi connectivity index (χ4v) is 3.74. The molecule has 5 nitrogen and oxygen atoms in total. The van der Waals surface area contributed by atoms with Crippen LogP contribution in [0.25, 0.3) is 0 Å². The van der Waals surface area contributed by atoms with Crippen LogP contribution in [0.3, 0.4) is 0 Å². The fourth-order valence-electron chi connectivity index (χ4n) is 2.75. The van der Waals surface area contributed by atoms with E-state index in [0.717, 1.165) is 11.3 Å². The Labute approximate surface area is 149 Å². The van der Waals surface area contributed by atoms with Crippen LogP contribution in [0.2, 0.25) is 0 Å². The van der Waals surface area contributed by atoms with Crippen LogP contribution in [0.15, 0.2) is 42.0 Å². The van der Waals surface area contributed by atoms with Crippen LogP contribution in [0, 0.1) is 5.92 Å². The number of hydrogen-bond donors (Lipinski definition) is 3. The van der Waals surface area contributed by atoms with Crippen LogP contribution >= 0.6 is 23.6 Å². The largest absolute Gasteiger partial charge is 0.437 e. The van der Waals surface area contributed by atoms with Gasteiger partial charge in [0, 0.05) is 12.4 Å².